The number of benzene rings is 1. The second kappa shape index (κ2) is 5.24. The van der Waals surface area contributed by atoms with Gasteiger partial charge in [-0.15, -0.1) is 0 Å². The smallest absolute Gasteiger partial charge is 0.145 e. The number of allylic oxidation sites excluding steroid dienone is 1. The van der Waals surface area contributed by atoms with Crippen LogP contribution in [-0.4, -0.2) is 9.55 Å². The summed E-state index contributed by atoms with van der Waals surface area (Å²) < 4.78 is 2.06. The minimum atomic E-state index is 0.0374. The largest absolute Gasteiger partial charge is 0.360 e. The first-order chi connectivity index (χ1) is 9.19. The Morgan fingerprint density at radius 3 is 2.79 bits per heavy atom. The number of hydrogen-bond acceptors (Lipinski definition) is 4. The molecule has 0 aliphatic heterocycles. The number of nitrogens with one attached hydrogen (secondary N) is 1. The van der Waals surface area contributed by atoms with Crippen LogP contribution in [0, 0.1) is 22.7 Å². The second-order valence-electron chi connectivity index (χ2n) is 4.07. The molecule has 0 amide bonds. The molecule has 2 aromatic rings. The molecule has 0 bridgehead atoms. The van der Waals surface area contributed by atoms with E-state index in [1.807, 2.05) is 25.2 Å². The number of hydrogen-bond donors (Lipinski definition) is 1. The molecule has 0 spiro atoms. The summed E-state index contributed by atoms with van der Waals surface area (Å²) in [5.41, 5.74) is 2.80. The van der Waals surface area contributed by atoms with Gasteiger partial charge in [-0.1, -0.05) is 6.92 Å². The van der Waals surface area contributed by atoms with E-state index in [0.29, 0.717) is 0 Å². The number of nitriles is 2. The van der Waals surface area contributed by atoms with Gasteiger partial charge in [-0.3, -0.25) is 0 Å². The third-order valence-corrected chi connectivity index (χ3v) is 2.91. The monoisotopic (exact) mass is 251 g/mol. The van der Waals surface area contributed by atoms with Gasteiger partial charge in [-0.05, 0) is 18.2 Å². The van der Waals surface area contributed by atoms with Crippen LogP contribution in [-0.2, 0) is 13.5 Å². The standard InChI is InChI=1S/C14H13N5/c1-3-14-18-12-6-11(4-5-13(12)19(14)2)17-9-10(7-15)8-16/h4-6,9,17H,3H2,1-2H3. The number of aromatic nitrogens is 2. The average molecular weight is 251 g/mol. The first kappa shape index (κ1) is 12.7. The van der Waals surface area contributed by atoms with Crippen molar-refractivity contribution in [3.63, 3.8) is 0 Å². The lowest BCUT2D eigenvalue weighted by Crippen LogP contribution is -1.94. The SMILES string of the molecule is CCc1nc2cc(NC=C(C#N)C#N)ccc2n1C. The Morgan fingerprint density at radius 1 is 1.42 bits per heavy atom. The van der Waals surface area contributed by atoms with Crippen LogP contribution in [0.25, 0.3) is 11.0 Å². The van der Waals surface area contributed by atoms with Crippen LogP contribution in [0.15, 0.2) is 30.0 Å². The Kier molecular flexibility index (Phi) is 3.49. The molecule has 0 aliphatic rings. The van der Waals surface area contributed by atoms with Crippen molar-refractivity contribution in [2.75, 3.05) is 5.32 Å². The van der Waals surface area contributed by atoms with Gasteiger partial charge in [0.15, 0.2) is 0 Å². The van der Waals surface area contributed by atoms with Crippen molar-refractivity contribution >= 4 is 16.7 Å². The quantitative estimate of drug-likeness (QED) is 0.850. The van der Waals surface area contributed by atoms with E-state index >= 15 is 0 Å². The molecule has 0 fully saturated rings. The van der Waals surface area contributed by atoms with E-state index in [-0.39, 0.29) is 5.57 Å². The highest BCUT2D eigenvalue weighted by atomic mass is 15.1. The van der Waals surface area contributed by atoms with E-state index in [1.165, 1.54) is 6.20 Å². The molecule has 1 aromatic carbocycles. The Morgan fingerprint density at radius 2 is 2.16 bits per heavy atom. The molecule has 0 atom stereocenters. The maximum atomic E-state index is 8.65. The third-order valence-electron chi connectivity index (χ3n) is 2.91. The number of nitrogens with zero attached hydrogens (tertiary/aromatic N) is 4. The number of anilines is 1. The molecule has 19 heavy (non-hydrogen) atoms. The normalized spacial score (nSPS) is 9.68. The Labute approximate surface area is 111 Å². The van der Waals surface area contributed by atoms with Gasteiger partial charge in [-0.2, -0.15) is 10.5 Å². The third kappa shape index (κ3) is 2.41. The summed E-state index contributed by atoms with van der Waals surface area (Å²) in [6.45, 7) is 2.06. The molecule has 5 nitrogen and oxygen atoms in total. The first-order valence-corrected chi connectivity index (χ1v) is 5.91. The van der Waals surface area contributed by atoms with E-state index in [4.69, 9.17) is 10.5 Å². The maximum absolute atomic E-state index is 8.65. The van der Waals surface area contributed by atoms with Crippen molar-refractivity contribution in [1.29, 1.82) is 10.5 Å². The fourth-order valence-corrected chi connectivity index (χ4v) is 1.90. The van der Waals surface area contributed by atoms with Gasteiger partial charge in [0.2, 0.25) is 0 Å². The van der Waals surface area contributed by atoms with Gasteiger partial charge in [0.25, 0.3) is 0 Å². The van der Waals surface area contributed by atoms with Crippen molar-refractivity contribution in [3.05, 3.63) is 35.8 Å². The van der Waals surface area contributed by atoms with Gasteiger partial charge >= 0.3 is 0 Å². The number of imidazole rings is 1. The Balaban J connectivity index is 2.36. The lowest BCUT2D eigenvalue weighted by atomic mass is 10.2. The van der Waals surface area contributed by atoms with Crippen LogP contribution in [0.1, 0.15) is 12.7 Å². The highest BCUT2D eigenvalue weighted by Gasteiger charge is 2.06. The molecule has 5 heteroatoms. The number of rotatable bonds is 3. The zero-order valence-corrected chi connectivity index (χ0v) is 10.8. The molecule has 1 aromatic heterocycles. The van der Waals surface area contributed by atoms with Crippen LogP contribution >= 0.6 is 0 Å². The zero-order valence-electron chi connectivity index (χ0n) is 10.8. The molecular formula is C14H13N5. The Bertz CT molecular complexity index is 709. The van der Waals surface area contributed by atoms with Gasteiger partial charge < -0.3 is 9.88 Å². The molecule has 2 rings (SSSR count). The van der Waals surface area contributed by atoms with E-state index in [0.717, 1.165) is 29.0 Å². The molecule has 0 aliphatic carbocycles. The van der Waals surface area contributed by atoms with Crippen LogP contribution in [0.5, 0.6) is 0 Å². The van der Waals surface area contributed by atoms with Crippen LogP contribution in [0.4, 0.5) is 5.69 Å². The minimum Gasteiger partial charge on any atom is -0.360 e. The molecule has 1 heterocycles. The second-order valence-corrected chi connectivity index (χ2v) is 4.07. The first-order valence-electron chi connectivity index (χ1n) is 5.91. The summed E-state index contributed by atoms with van der Waals surface area (Å²) in [6.07, 6.45) is 2.27. The summed E-state index contributed by atoms with van der Waals surface area (Å²) in [5, 5.41) is 20.2. The highest BCUT2D eigenvalue weighted by Crippen LogP contribution is 2.20. The van der Waals surface area contributed by atoms with Crippen molar-refractivity contribution < 1.29 is 0 Å². The molecule has 0 unspecified atom stereocenters. The van der Waals surface area contributed by atoms with E-state index in [9.17, 15) is 0 Å². The number of fused-ring (bicyclic) bond motifs is 1. The van der Waals surface area contributed by atoms with Crippen molar-refractivity contribution in [3.8, 4) is 12.1 Å². The van der Waals surface area contributed by atoms with E-state index in [2.05, 4.69) is 21.8 Å². The Hall–Kier alpha value is -2.79. The molecule has 1 N–H and O–H groups in total. The highest BCUT2D eigenvalue weighted by molar-refractivity contribution is 5.80. The molecule has 0 radical (unpaired) electrons. The fraction of sp³-hybridized carbons (Fsp3) is 0.214. The molecule has 0 saturated heterocycles. The van der Waals surface area contributed by atoms with Crippen molar-refractivity contribution in [2.45, 2.75) is 13.3 Å². The lowest BCUT2D eigenvalue weighted by Gasteiger charge is -2.01. The topological polar surface area (TPSA) is 77.4 Å². The lowest BCUT2D eigenvalue weighted by molar-refractivity contribution is 0.829. The predicted octanol–water partition coefficient (Wildman–Crippen LogP) is 2.48. The summed E-state index contributed by atoms with van der Waals surface area (Å²) in [6, 6.07) is 9.36. The summed E-state index contributed by atoms with van der Waals surface area (Å²) >= 11 is 0. The predicted molar refractivity (Wildman–Crippen MR) is 73.0 cm³/mol. The van der Waals surface area contributed by atoms with Crippen LogP contribution in [0.3, 0.4) is 0 Å². The van der Waals surface area contributed by atoms with Crippen molar-refractivity contribution in [1.82, 2.24) is 9.55 Å². The number of aryl methyl sites for hydroxylation is 2. The van der Waals surface area contributed by atoms with Crippen LogP contribution < -0.4 is 5.32 Å². The molecule has 94 valence electrons. The maximum Gasteiger partial charge on any atom is 0.145 e. The summed E-state index contributed by atoms with van der Waals surface area (Å²) in [7, 11) is 1.99. The minimum absolute atomic E-state index is 0.0374. The average Bonchev–Trinajstić information content (AvgIpc) is 2.76. The summed E-state index contributed by atoms with van der Waals surface area (Å²) in [5.74, 6) is 1.03. The van der Waals surface area contributed by atoms with E-state index in [1.54, 1.807) is 12.1 Å². The van der Waals surface area contributed by atoms with E-state index < -0.39 is 0 Å². The van der Waals surface area contributed by atoms with Gasteiger partial charge in [0.1, 0.15) is 23.5 Å². The van der Waals surface area contributed by atoms with Crippen molar-refractivity contribution in [2.24, 2.45) is 7.05 Å². The molecular weight excluding hydrogens is 238 g/mol. The van der Waals surface area contributed by atoms with Gasteiger partial charge in [0.05, 0.1) is 11.0 Å². The fourth-order valence-electron chi connectivity index (χ4n) is 1.90. The zero-order chi connectivity index (χ0) is 13.8. The van der Waals surface area contributed by atoms with Gasteiger partial charge in [-0.25, -0.2) is 4.98 Å². The van der Waals surface area contributed by atoms with Crippen LogP contribution in [0.2, 0.25) is 0 Å². The summed E-state index contributed by atoms with van der Waals surface area (Å²) in [4.78, 5) is 4.53. The molecule has 0 saturated carbocycles. The van der Waals surface area contributed by atoms with Gasteiger partial charge in [0, 0.05) is 25.4 Å².